The maximum Gasteiger partial charge on any atom is 0.0958 e. The van der Waals surface area contributed by atoms with Crippen LogP contribution in [0.4, 0.5) is 0 Å². The number of thiazole rings is 1. The van der Waals surface area contributed by atoms with E-state index in [0.29, 0.717) is 5.92 Å². The predicted octanol–water partition coefficient (Wildman–Crippen LogP) is 4.15. The van der Waals surface area contributed by atoms with Gasteiger partial charge in [0.25, 0.3) is 0 Å². The van der Waals surface area contributed by atoms with Crippen LogP contribution in [0.1, 0.15) is 30.7 Å². The van der Waals surface area contributed by atoms with Crippen molar-refractivity contribution in [3.8, 4) is 11.3 Å². The van der Waals surface area contributed by atoms with E-state index in [-0.39, 0.29) is 6.10 Å². The van der Waals surface area contributed by atoms with Crippen molar-refractivity contribution in [2.45, 2.75) is 38.2 Å². The molecule has 2 aliphatic rings. The van der Waals surface area contributed by atoms with E-state index in [1.54, 1.807) is 11.3 Å². The molecule has 1 aromatic carbocycles. The third-order valence-corrected chi connectivity index (χ3v) is 6.04. The summed E-state index contributed by atoms with van der Waals surface area (Å²) >= 11 is 1.68. The monoisotopic (exact) mass is 299 g/mol. The molecule has 1 N–H and O–H groups in total. The van der Waals surface area contributed by atoms with Crippen molar-refractivity contribution in [3.05, 3.63) is 40.7 Å². The third-order valence-electron chi connectivity index (χ3n) is 5.17. The normalized spacial score (nSPS) is 28.9. The number of fused-ring (bicyclic) bond motifs is 1. The van der Waals surface area contributed by atoms with Gasteiger partial charge in [0.1, 0.15) is 0 Å². The number of aliphatic hydroxyl groups excluding tert-OH is 1. The highest BCUT2D eigenvalue weighted by Crippen LogP contribution is 2.57. The lowest BCUT2D eigenvalue weighted by Gasteiger charge is -2.07. The van der Waals surface area contributed by atoms with Crippen LogP contribution in [-0.4, -0.2) is 16.2 Å². The van der Waals surface area contributed by atoms with Crippen LogP contribution in [0.5, 0.6) is 0 Å². The first-order valence-electron chi connectivity index (χ1n) is 8.01. The molecule has 1 aromatic heterocycles. The Morgan fingerprint density at radius 1 is 1.14 bits per heavy atom. The van der Waals surface area contributed by atoms with E-state index in [1.807, 2.05) is 18.2 Å². The molecule has 1 heterocycles. The van der Waals surface area contributed by atoms with E-state index >= 15 is 0 Å². The van der Waals surface area contributed by atoms with Gasteiger partial charge in [0.2, 0.25) is 0 Å². The Morgan fingerprint density at radius 2 is 1.86 bits per heavy atom. The van der Waals surface area contributed by atoms with E-state index < -0.39 is 0 Å². The lowest BCUT2D eigenvalue weighted by molar-refractivity contribution is 0.140. The lowest BCUT2D eigenvalue weighted by Crippen LogP contribution is -2.15. The highest BCUT2D eigenvalue weighted by atomic mass is 32.1. The van der Waals surface area contributed by atoms with Gasteiger partial charge in [0.05, 0.1) is 16.8 Å². The summed E-state index contributed by atoms with van der Waals surface area (Å²) in [6.07, 6.45) is 5.93. The van der Waals surface area contributed by atoms with Crippen LogP contribution in [-0.2, 0) is 6.42 Å². The molecule has 21 heavy (non-hydrogen) atoms. The van der Waals surface area contributed by atoms with Crippen LogP contribution < -0.4 is 0 Å². The summed E-state index contributed by atoms with van der Waals surface area (Å²) in [6, 6.07) is 10.3. The Morgan fingerprint density at radius 3 is 2.57 bits per heavy atom. The molecule has 0 bridgehead atoms. The maximum absolute atomic E-state index is 10.5. The van der Waals surface area contributed by atoms with Crippen molar-refractivity contribution in [1.29, 1.82) is 0 Å². The van der Waals surface area contributed by atoms with Crippen LogP contribution in [0.3, 0.4) is 0 Å². The van der Waals surface area contributed by atoms with Crippen molar-refractivity contribution in [3.63, 3.8) is 0 Å². The topological polar surface area (TPSA) is 33.1 Å². The SMILES string of the molecule is OC(Cc1nc(-c2ccccc2)cs1)C1C2CCCCC21. The lowest BCUT2D eigenvalue weighted by atomic mass is 10.0. The summed E-state index contributed by atoms with van der Waals surface area (Å²) in [5.74, 6) is 2.17. The molecule has 0 spiro atoms. The minimum atomic E-state index is -0.187. The van der Waals surface area contributed by atoms with Crippen LogP contribution in [0.25, 0.3) is 11.3 Å². The second-order valence-corrected chi connectivity index (χ2v) is 7.40. The molecule has 0 radical (unpaired) electrons. The molecule has 3 atom stereocenters. The Labute approximate surface area is 129 Å². The molecule has 4 rings (SSSR count). The Kier molecular flexibility index (Phi) is 3.56. The van der Waals surface area contributed by atoms with Crippen molar-refractivity contribution in [2.24, 2.45) is 17.8 Å². The second-order valence-electron chi connectivity index (χ2n) is 6.45. The zero-order valence-corrected chi connectivity index (χ0v) is 12.9. The first-order valence-corrected chi connectivity index (χ1v) is 8.89. The predicted molar refractivity (Wildman–Crippen MR) is 86.2 cm³/mol. The van der Waals surface area contributed by atoms with Gasteiger partial charge in [-0.05, 0) is 30.6 Å². The van der Waals surface area contributed by atoms with Gasteiger partial charge in [-0.2, -0.15) is 0 Å². The quantitative estimate of drug-likeness (QED) is 0.920. The van der Waals surface area contributed by atoms with Gasteiger partial charge >= 0.3 is 0 Å². The fourth-order valence-corrected chi connectivity index (χ4v) is 4.93. The highest BCUT2D eigenvalue weighted by Gasteiger charge is 2.53. The van der Waals surface area contributed by atoms with Crippen molar-refractivity contribution < 1.29 is 5.11 Å². The highest BCUT2D eigenvalue weighted by molar-refractivity contribution is 7.09. The van der Waals surface area contributed by atoms with Gasteiger partial charge < -0.3 is 5.11 Å². The fourth-order valence-electron chi connectivity index (χ4n) is 4.08. The molecule has 0 aliphatic heterocycles. The summed E-state index contributed by atoms with van der Waals surface area (Å²) in [5.41, 5.74) is 2.20. The van der Waals surface area contributed by atoms with Gasteiger partial charge in [0.15, 0.2) is 0 Å². The van der Waals surface area contributed by atoms with E-state index in [9.17, 15) is 5.11 Å². The first kappa shape index (κ1) is 13.5. The zero-order chi connectivity index (χ0) is 14.2. The molecule has 110 valence electrons. The molecule has 2 saturated carbocycles. The standard InChI is InChI=1S/C18H21NOS/c20-16(18-13-8-4-5-9-14(13)18)10-17-19-15(11-21-17)12-6-2-1-3-7-12/h1-3,6-7,11,13-14,16,18,20H,4-5,8-10H2. The number of nitrogens with zero attached hydrogens (tertiary/aromatic N) is 1. The summed E-state index contributed by atoms with van der Waals surface area (Å²) in [7, 11) is 0. The molecule has 2 aromatic rings. The third kappa shape index (κ3) is 2.65. The van der Waals surface area contributed by atoms with Gasteiger partial charge in [-0.1, -0.05) is 43.2 Å². The molecule has 2 aliphatic carbocycles. The van der Waals surface area contributed by atoms with Gasteiger partial charge in [-0.3, -0.25) is 0 Å². The number of aromatic nitrogens is 1. The minimum Gasteiger partial charge on any atom is -0.392 e. The molecule has 2 fully saturated rings. The van der Waals surface area contributed by atoms with Gasteiger partial charge in [-0.25, -0.2) is 4.98 Å². The molecule has 3 heteroatoms. The Balaban J connectivity index is 1.43. The van der Waals surface area contributed by atoms with Crippen LogP contribution in [0.2, 0.25) is 0 Å². The number of benzene rings is 1. The minimum absolute atomic E-state index is 0.187. The fraction of sp³-hybridized carbons (Fsp3) is 0.500. The van der Waals surface area contributed by atoms with E-state index in [2.05, 4.69) is 17.5 Å². The maximum atomic E-state index is 10.5. The van der Waals surface area contributed by atoms with Crippen molar-refractivity contribution in [2.75, 3.05) is 0 Å². The molecule has 2 nitrogen and oxygen atoms in total. The number of aliphatic hydroxyl groups is 1. The summed E-state index contributed by atoms with van der Waals surface area (Å²) in [6.45, 7) is 0. The molecule has 3 unspecified atom stereocenters. The Hall–Kier alpha value is -1.19. The summed E-state index contributed by atoms with van der Waals surface area (Å²) < 4.78 is 0. The number of hydrogen-bond acceptors (Lipinski definition) is 3. The van der Waals surface area contributed by atoms with Crippen LogP contribution >= 0.6 is 11.3 Å². The smallest absolute Gasteiger partial charge is 0.0958 e. The largest absolute Gasteiger partial charge is 0.392 e. The molecule has 0 amide bonds. The summed E-state index contributed by atoms with van der Waals surface area (Å²) in [5, 5.41) is 13.7. The zero-order valence-electron chi connectivity index (χ0n) is 12.1. The molecular weight excluding hydrogens is 278 g/mol. The van der Waals surface area contributed by atoms with E-state index in [1.165, 1.54) is 25.7 Å². The second kappa shape index (κ2) is 5.54. The number of hydrogen-bond donors (Lipinski definition) is 1. The van der Waals surface area contributed by atoms with Gasteiger partial charge in [-0.15, -0.1) is 11.3 Å². The van der Waals surface area contributed by atoms with E-state index in [4.69, 9.17) is 4.98 Å². The van der Waals surface area contributed by atoms with Crippen LogP contribution in [0, 0.1) is 17.8 Å². The van der Waals surface area contributed by atoms with Gasteiger partial charge in [0, 0.05) is 17.4 Å². The first-order chi connectivity index (χ1) is 10.3. The molecular formula is C18H21NOS. The Bertz CT molecular complexity index is 597. The summed E-state index contributed by atoms with van der Waals surface area (Å²) in [4.78, 5) is 4.71. The van der Waals surface area contributed by atoms with Crippen LogP contribution in [0.15, 0.2) is 35.7 Å². The number of rotatable bonds is 4. The average Bonchev–Trinajstić information content (AvgIpc) is 3.09. The molecule has 0 saturated heterocycles. The van der Waals surface area contributed by atoms with Crippen molar-refractivity contribution >= 4 is 11.3 Å². The average molecular weight is 299 g/mol. The van der Waals surface area contributed by atoms with Crippen molar-refractivity contribution in [1.82, 2.24) is 4.98 Å². The van der Waals surface area contributed by atoms with E-state index in [0.717, 1.165) is 34.5 Å².